The van der Waals surface area contributed by atoms with E-state index in [-0.39, 0.29) is 10.8 Å². The number of aromatic nitrogens is 1. The Kier molecular flexibility index (Phi) is 4.76. The van der Waals surface area contributed by atoms with Gasteiger partial charge in [0.1, 0.15) is 0 Å². The number of hydrogen-bond donors (Lipinski definition) is 1. The van der Waals surface area contributed by atoms with E-state index >= 15 is 0 Å². The summed E-state index contributed by atoms with van der Waals surface area (Å²) in [5.74, 6) is 0.0503. The average molecular weight is 359 g/mol. The largest absolute Gasteiger partial charge is 0.342 e. The highest BCUT2D eigenvalue weighted by atomic mass is 32.2. The fourth-order valence-electron chi connectivity index (χ4n) is 2.98. The maximum atomic E-state index is 12.7. The summed E-state index contributed by atoms with van der Waals surface area (Å²) >= 11 is 0. The third kappa shape index (κ3) is 3.82. The highest BCUT2D eigenvalue weighted by Crippen LogP contribution is 2.23. The summed E-state index contributed by atoms with van der Waals surface area (Å²) in [6, 6.07) is 8.57. The fraction of sp³-hybridized carbons (Fsp3) is 0.333. The summed E-state index contributed by atoms with van der Waals surface area (Å²) in [4.78, 5) is 17.7. The predicted octanol–water partition coefficient (Wildman–Crippen LogP) is 2.14. The Morgan fingerprint density at radius 2 is 1.88 bits per heavy atom. The monoisotopic (exact) mass is 359 g/mol. The molecule has 3 rings (SSSR count). The molecule has 0 bridgehead atoms. The number of sulfonamides is 1. The molecule has 0 saturated heterocycles. The van der Waals surface area contributed by atoms with Crippen LogP contribution in [0.5, 0.6) is 0 Å². The molecule has 2 heterocycles. The second-order valence-electron chi connectivity index (χ2n) is 6.18. The van der Waals surface area contributed by atoms with Crippen molar-refractivity contribution in [1.29, 1.82) is 0 Å². The third-order valence-electron chi connectivity index (χ3n) is 4.49. The van der Waals surface area contributed by atoms with Gasteiger partial charge in [0, 0.05) is 26.2 Å². The van der Waals surface area contributed by atoms with Crippen LogP contribution in [0.15, 0.2) is 41.4 Å². The maximum absolute atomic E-state index is 12.7. The van der Waals surface area contributed by atoms with E-state index in [9.17, 15) is 13.2 Å². The highest BCUT2D eigenvalue weighted by Gasteiger charge is 2.20. The highest BCUT2D eigenvalue weighted by molar-refractivity contribution is 7.92. The van der Waals surface area contributed by atoms with Gasteiger partial charge in [0.05, 0.1) is 16.3 Å². The van der Waals surface area contributed by atoms with Crippen LogP contribution >= 0.6 is 0 Å². The predicted molar refractivity (Wildman–Crippen MR) is 95.9 cm³/mol. The maximum Gasteiger partial charge on any atom is 0.261 e. The lowest BCUT2D eigenvalue weighted by Crippen LogP contribution is -2.30. The van der Waals surface area contributed by atoms with Crippen LogP contribution in [0.25, 0.3) is 0 Å². The van der Waals surface area contributed by atoms with Crippen molar-refractivity contribution in [3.63, 3.8) is 0 Å². The van der Waals surface area contributed by atoms with Gasteiger partial charge in [0.2, 0.25) is 5.91 Å². The van der Waals surface area contributed by atoms with Crippen LogP contribution in [0, 0.1) is 6.92 Å². The molecule has 1 aromatic heterocycles. The summed E-state index contributed by atoms with van der Waals surface area (Å²) in [5.41, 5.74) is 3.17. The molecule has 0 saturated carbocycles. The van der Waals surface area contributed by atoms with Crippen LogP contribution in [0.2, 0.25) is 0 Å². The van der Waals surface area contributed by atoms with Crippen LogP contribution in [0.3, 0.4) is 0 Å². The van der Waals surface area contributed by atoms with Crippen molar-refractivity contribution in [2.45, 2.75) is 31.6 Å². The molecule has 0 fully saturated rings. The fourth-order valence-corrected chi connectivity index (χ4v) is 4.15. The van der Waals surface area contributed by atoms with Crippen molar-refractivity contribution in [3.05, 3.63) is 53.3 Å². The van der Waals surface area contributed by atoms with E-state index in [1.54, 1.807) is 49.2 Å². The summed E-state index contributed by atoms with van der Waals surface area (Å²) in [7, 11) is -3.68. The molecule has 1 N–H and O–H groups in total. The summed E-state index contributed by atoms with van der Waals surface area (Å²) in [6.45, 7) is 4.60. The molecule has 1 aliphatic rings. The molecule has 1 aliphatic heterocycles. The first-order valence-electron chi connectivity index (χ1n) is 8.18. The number of carbonyl (C=O) groups is 1. The summed E-state index contributed by atoms with van der Waals surface area (Å²) in [5, 5.41) is 0. The molecule has 0 aliphatic carbocycles. The molecule has 2 aromatic rings. The van der Waals surface area contributed by atoms with E-state index < -0.39 is 10.0 Å². The van der Waals surface area contributed by atoms with Crippen molar-refractivity contribution in [2.75, 3.05) is 17.8 Å². The lowest BCUT2D eigenvalue weighted by Gasteiger charge is -2.17. The van der Waals surface area contributed by atoms with Gasteiger partial charge in [-0.25, -0.2) is 8.42 Å². The zero-order valence-electron chi connectivity index (χ0n) is 14.3. The molecule has 6 nitrogen and oxygen atoms in total. The number of rotatable bonds is 3. The van der Waals surface area contributed by atoms with Crippen LogP contribution in [-0.2, 0) is 27.7 Å². The molecular formula is C18H21N3O3S. The van der Waals surface area contributed by atoms with E-state index in [2.05, 4.69) is 9.71 Å². The minimum atomic E-state index is -3.68. The third-order valence-corrected chi connectivity index (χ3v) is 5.85. The topological polar surface area (TPSA) is 79.4 Å². The minimum Gasteiger partial charge on any atom is -0.342 e. The van der Waals surface area contributed by atoms with Gasteiger partial charge in [0.15, 0.2) is 0 Å². The molecule has 0 radical (unpaired) electrons. The first kappa shape index (κ1) is 17.4. The molecule has 25 heavy (non-hydrogen) atoms. The Bertz CT molecular complexity index is 910. The van der Waals surface area contributed by atoms with Crippen molar-refractivity contribution in [3.8, 4) is 0 Å². The number of benzene rings is 1. The van der Waals surface area contributed by atoms with E-state index in [1.165, 1.54) is 0 Å². The van der Waals surface area contributed by atoms with Gasteiger partial charge < -0.3 is 4.90 Å². The van der Waals surface area contributed by atoms with Crippen molar-refractivity contribution < 1.29 is 13.2 Å². The van der Waals surface area contributed by atoms with Gasteiger partial charge >= 0.3 is 0 Å². The van der Waals surface area contributed by atoms with Gasteiger partial charge in [-0.3, -0.25) is 14.5 Å². The molecule has 0 spiro atoms. The number of pyridine rings is 1. The summed E-state index contributed by atoms with van der Waals surface area (Å²) in [6.07, 6.45) is 3.02. The number of nitrogens with zero attached hydrogens (tertiary/aromatic N) is 2. The van der Waals surface area contributed by atoms with Gasteiger partial charge in [0.25, 0.3) is 10.0 Å². The Labute approximate surface area is 147 Å². The molecule has 132 valence electrons. The summed E-state index contributed by atoms with van der Waals surface area (Å²) < 4.78 is 28.0. The van der Waals surface area contributed by atoms with Gasteiger partial charge in [-0.05, 0) is 55.2 Å². The first-order valence-corrected chi connectivity index (χ1v) is 9.67. The molecule has 7 heteroatoms. The van der Waals surface area contributed by atoms with E-state index in [1.807, 2.05) is 6.07 Å². The van der Waals surface area contributed by atoms with E-state index in [0.29, 0.717) is 30.9 Å². The van der Waals surface area contributed by atoms with Gasteiger partial charge in [-0.1, -0.05) is 6.07 Å². The Morgan fingerprint density at radius 1 is 1.16 bits per heavy atom. The standard InChI is InChI=1S/C18H21N3O3S/c1-13-18(4-3-9-19-13)20-25(23,24)17-6-5-15-7-10-21(14(2)22)11-8-16(15)12-17/h3-6,9,12,20H,7-8,10-11H2,1-2H3. The van der Waals surface area contributed by atoms with Crippen LogP contribution < -0.4 is 4.72 Å². The molecule has 1 aromatic carbocycles. The minimum absolute atomic E-state index is 0.0503. The van der Waals surface area contributed by atoms with E-state index in [4.69, 9.17) is 0 Å². The Morgan fingerprint density at radius 3 is 2.56 bits per heavy atom. The molecule has 0 unspecified atom stereocenters. The lowest BCUT2D eigenvalue weighted by atomic mass is 10.0. The number of fused-ring (bicyclic) bond motifs is 1. The Hall–Kier alpha value is -2.41. The number of anilines is 1. The van der Waals surface area contributed by atoms with Crippen LogP contribution in [0.4, 0.5) is 5.69 Å². The second-order valence-corrected chi connectivity index (χ2v) is 7.86. The van der Waals surface area contributed by atoms with Crippen molar-refractivity contribution in [2.24, 2.45) is 0 Å². The van der Waals surface area contributed by atoms with Crippen molar-refractivity contribution in [1.82, 2.24) is 9.88 Å². The number of aryl methyl sites for hydroxylation is 1. The lowest BCUT2D eigenvalue weighted by molar-refractivity contribution is -0.128. The second kappa shape index (κ2) is 6.84. The van der Waals surface area contributed by atoms with Crippen molar-refractivity contribution >= 4 is 21.6 Å². The zero-order chi connectivity index (χ0) is 18.0. The van der Waals surface area contributed by atoms with Gasteiger partial charge in [-0.2, -0.15) is 0 Å². The molecule has 0 atom stereocenters. The number of amides is 1. The quantitative estimate of drug-likeness (QED) is 0.911. The first-order chi connectivity index (χ1) is 11.9. The van der Waals surface area contributed by atoms with E-state index in [0.717, 1.165) is 17.5 Å². The smallest absolute Gasteiger partial charge is 0.261 e. The molecular weight excluding hydrogens is 338 g/mol. The van der Waals surface area contributed by atoms with Crippen LogP contribution in [-0.4, -0.2) is 37.3 Å². The van der Waals surface area contributed by atoms with Crippen LogP contribution in [0.1, 0.15) is 23.7 Å². The van der Waals surface area contributed by atoms with Gasteiger partial charge in [-0.15, -0.1) is 0 Å². The number of nitrogens with one attached hydrogen (secondary N) is 1. The number of carbonyl (C=O) groups excluding carboxylic acids is 1. The SMILES string of the molecule is CC(=O)N1CCc2ccc(S(=O)(=O)Nc3cccnc3C)cc2CC1. The Balaban J connectivity index is 1.87. The normalized spacial score (nSPS) is 14.6. The zero-order valence-corrected chi connectivity index (χ0v) is 15.1. The average Bonchev–Trinajstić information content (AvgIpc) is 2.79. The molecule has 1 amide bonds. The number of hydrogen-bond acceptors (Lipinski definition) is 4.